The highest BCUT2D eigenvalue weighted by Crippen LogP contribution is 2.50. The van der Waals surface area contributed by atoms with Gasteiger partial charge in [-0.05, 0) is 13.0 Å². The lowest BCUT2D eigenvalue weighted by molar-refractivity contribution is -0.151. The molecule has 2 atom stereocenters. The van der Waals surface area contributed by atoms with Crippen molar-refractivity contribution < 1.29 is 19.4 Å². The molecule has 1 fully saturated rings. The van der Waals surface area contributed by atoms with Crippen LogP contribution in [0.2, 0.25) is 0 Å². The molecule has 1 aromatic carbocycles. The van der Waals surface area contributed by atoms with Gasteiger partial charge in [-0.25, -0.2) is 0 Å². The van der Waals surface area contributed by atoms with Gasteiger partial charge in [0.25, 0.3) is 0 Å². The molecule has 2 aromatic rings. The van der Waals surface area contributed by atoms with E-state index < -0.39 is 11.4 Å². The predicted molar refractivity (Wildman–Crippen MR) is 94.5 cm³/mol. The number of nitrogens with zero attached hydrogens (tertiary/aromatic N) is 3. The lowest BCUT2D eigenvalue weighted by Crippen LogP contribution is -2.45. The number of carboxylic acids is 1. The minimum Gasteiger partial charge on any atom is -0.497 e. The van der Waals surface area contributed by atoms with Crippen LogP contribution in [-0.2, 0) is 17.9 Å². The largest absolute Gasteiger partial charge is 0.497 e. The number of ether oxygens (including phenoxy) is 2. The Balaban J connectivity index is 1.63. The number of likely N-dealkylation sites (tertiary alicyclic amines) is 1. The predicted octanol–water partition coefficient (Wildman–Crippen LogP) is 1.97. The number of fused-ring (bicyclic) bond motifs is 3. The maximum Gasteiger partial charge on any atom is 0.315 e. The van der Waals surface area contributed by atoms with Crippen LogP contribution in [-0.4, -0.2) is 52.6 Å². The van der Waals surface area contributed by atoms with Crippen molar-refractivity contribution in [1.82, 2.24) is 14.7 Å². The van der Waals surface area contributed by atoms with Crippen molar-refractivity contribution in [3.63, 3.8) is 0 Å². The van der Waals surface area contributed by atoms with Crippen LogP contribution < -0.4 is 9.47 Å². The van der Waals surface area contributed by atoms with Crippen LogP contribution in [0, 0.1) is 5.41 Å². The summed E-state index contributed by atoms with van der Waals surface area (Å²) in [6, 6.07) is 5.65. The first-order valence-electron chi connectivity index (χ1n) is 8.83. The van der Waals surface area contributed by atoms with Gasteiger partial charge in [0, 0.05) is 55.5 Å². The number of aryl methyl sites for hydroxylation is 1. The van der Waals surface area contributed by atoms with E-state index in [-0.39, 0.29) is 12.5 Å². The summed E-state index contributed by atoms with van der Waals surface area (Å²) in [5.41, 5.74) is 1.13. The molecular formula is C19H23N3O4. The van der Waals surface area contributed by atoms with E-state index in [0.29, 0.717) is 25.4 Å². The molecule has 0 amide bonds. The molecule has 26 heavy (non-hydrogen) atoms. The summed E-state index contributed by atoms with van der Waals surface area (Å²) in [5.74, 6) is 0.548. The Hall–Kier alpha value is -2.54. The van der Waals surface area contributed by atoms with Crippen molar-refractivity contribution in [3.8, 4) is 11.5 Å². The first-order valence-corrected chi connectivity index (χ1v) is 8.83. The standard InChI is InChI=1S/C19H23N3O4/c1-3-22-9-13(7-20-22)8-21-10-16-15-5-4-14(25-2)6-17(15)26-12-19(16,11-21)18(23)24/h4-7,9,16H,3,8,10-12H2,1-2H3,(H,23,24)/t16-,19-/m1/s1. The highest BCUT2D eigenvalue weighted by molar-refractivity contribution is 5.78. The van der Waals surface area contributed by atoms with Crippen LogP contribution in [0.4, 0.5) is 0 Å². The molecule has 1 N–H and O–H groups in total. The molecule has 0 saturated carbocycles. The third-order valence-corrected chi connectivity index (χ3v) is 5.54. The lowest BCUT2D eigenvalue weighted by atomic mass is 9.73. The average Bonchev–Trinajstić information content (AvgIpc) is 3.26. The van der Waals surface area contributed by atoms with E-state index in [2.05, 4.69) is 10.00 Å². The van der Waals surface area contributed by atoms with Crippen LogP contribution >= 0.6 is 0 Å². The summed E-state index contributed by atoms with van der Waals surface area (Å²) in [6.45, 7) is 4.89. The molecule has 1 aromatic heterocycles. The van der Waals surface area contributed by atoms with E-state index in [1.54, 1.807) is 7.11 Å². The van der Waals surface area contributed by atoms with Crippen molar-refractivity contribution in [1.29, 1.82) is 0 Å². The fourth-order valence-electron chi connectivity index (χ4n) is 4.13. The molecule has 0 unspecified atom stereocenters. The van der Waals surface area contributed by atoms with Crippen LogP contribution in [0.1, 0.15) is 24.0 Å². The molecule has 138 valence electrons. The van der Waals surface area contributed by atoms with Gasteiger partial charge in [-0.1, -0.05) is 6.07 Å². The SMILES string of the molecule is CCn1cc(CN2C[C@@H]3c4ccc(OC)cc4OC[C@]3(C(=O)O)C2)cn1. The van der Waals surface area contributed by atoms with Gasteiger partial charge >= 0.3 is 5.97 Å². The van der Waals surface area contributed by atoms with Crippen LogP contribution in [0.25, 0.3) is 0 Å². The van der Waals surface area contributed by atoms with E-state index in [1.807, 2.05) is 42.2 Å². The molecule has 0 radical (unpaired) electrons. The van der Waals surface area contributed by atoms with Crippen molar-refractivity contribution in [2.75, 3.05) is 26.8 Å². The van der Waals surface area contributed by atoms with Gasteiger partial charge in [0.1, 0.15) is 23.5 Å². The van der Waals surface area contributed by atoms with Crippen LogP contribution in [0.15, 0.2) is 30.6 Å². The summed E-state index contributed by atoms with van der Waals surface area (Å²) in [4.78, 5) is 14.4. The van der Waals surface area contributed by atoms with E-state index in [4.69, 9.17) is 9.47 Å². The fraction of sp³-hybridized carbons (Fsp3) is 0.474. The highest BCUT2D eigenvalue weighted by atomic mass is 16.5. The lowest BCUT2D eigenvalue weighted by Gasteiger charge is -2.36. The quantitative estimate of drug-likeness (QED) is 0.882. The van der Waals surface area contributed by atoms with Gasteiger partial charge in [0.05, 0.1) is 13.3 Å². The first kappa shape index (κ1) is 16.9. The Morgan fingerprint density at radius 1 is 1.50 bits per heavy atom. The molecule has 0 bridgehead atoms. The number of aromatic nitrogens is 2. The van der Waals surface area contributed by atoms with E-state index in [0.717, 1.165) is 23.4 Å². The summed E-state index contributed by atoms with van der Waals surface area (Å²) in [5, 5.41) is 14.3. The smallest absolute Gasteiger partial charge is 0.315 e. The number of benzene rings is 1. The molecule has 3 heterocycles. The summed E-state index contributed by atoms with van der Waals surface area (Å²) < 4.78 is 13.0. The zero-order chi connectivity index (χ0) is 18.3. The van der Waals surface area contributed by atoms with Crippen molar-refractivity contribution in [3.05, 3.63) is 41.7 Å². The Labute approximate surface area is 152 Å². The Kier molecular flexibility index (Phi) is 4.11. The summed E-state index contributed by atoms with van der Waals surface area (Å²) >= 11 is 0. The van der Waals surface area contributed by atoms with Crippen molar-refractivity contribution in [2.45, 2.75) is 25.9 Å². The second-order valence-corrected chi connectivity index (χ2v) is 7.08. The number of hydrogen-bond donors (Lipinski definition) is 1. The average molecular weight is 357 g/mol. The maximum absolute atomic E-state index is 12.2. The molecule has 1 saturated heterocycles. The topological polar surface area (TPSA) is 76.8 Å². The Bertz CT molecular complexity index is 834. The minimum atomic E-state index is -0.914. The van der Waals surface area contributed by atoms with E-state index in [9.17, 15) is 9.90 Å². The Morgan fingerprint density at radius 2 is 2.35 bits per heavy atom. The zero-order valence-corrected chi connectivity index (χ0v) is 15.0. The highest BCUT2D eigenvalue weighted by Gasteiger charge is 2.56. The van der Waals surface area contributed by atoms with E-state index in [1.165, 1.54) is 0 Å². The molecule has 0 spiro atoms. The maximum atomic E-state index is 12.2. The second kappa shape index (κ2) is 6.32. The number of carbonyl (C=O) groups is 1. The Morgan fingerprint density at radius 3 is 3.04 bits per heavy atom. The van der Waals surface area contributed by atoms with Crippen molar-refractivity contribution >= 4 is 5.97 Å². The van der Waals surface area contributed by atoms with Crippen molar-refractivity contribution in [2.24, 2.45) is 5.41 Å². The number of hydrogen-bond acceptors (Lipinski definition) is 5. The molecule has 2 aliphatic heterocycles. The molecule has 2 aliphatic rings. The number of aliphatic carboxylic acids is 1. The van der Waals surface area contributed by atoms with Gasteiger partial charge in [-0.15, -0.1) is 0 Å². The van der Waals surface area contributed by atoms with Gasteiger partial charge < -0.3 is 14.6 Å². The van der Waals surface area contributed by atoms with Gasteiger partial charge in [-0.2, -0.15) is 5.10 Å². The number of carboxylic acid groups (broad SMARTS) is 1. The molecular weight excluding hydrogens is 334 g/mol. The third-order valence-electron chi connectivity index (χ3n) is 5.54. The van der Waals surface area contributed by atoms with Gasteiger partial charge in [-0.3, -0.25) is 14.4 Å². The molecule has 7 nitrogen and oxygen atoms in total. The van der Waals surface area contributed by atoms with Crippen LogP contribution in [0.3, 0.4) is 0 Å². The monoisotopic (exact) mass is 357 g/mol. The van der Waals surface area contributed by atoms with E-state index >= 15 is 0 Å². The molecule has 0 aliphatic carbocycles. The second-order valence-electron chi connectivity index (χ2n) is 7.08. The normalized spacial score (nSPS) is 24.6. The van der Waals surface area contributed by atoms with Gasteiger partial charge in [0.2, 0.25) is 0 Å². The number of rotatable bonds is 5. The van der Waals surface area contributed by atoms with Crippen LogP contribution in [0.5, 0.6) is 11.5 Å². The summed E-state index contributed by atoms with van der Waals surface area (Å²) in [6.07, 6.45) is 3.87. The summed E-state index contributed by atoms with van der Waals surface area (Å²) in [7, 11) is 1.61. The first-order chi connectivity index (χ1) is 12.6. The molecule has 7 heteroatoms. The minimum absolute atomic E-state index is 0.101. The fourth-order valence-corrected chi connectivity index (χ4v) is 4.13. The third kappa shape index (κ3) is 2.63. The molecule has 4 rings (SSSR count). The van der Waals surface area contributed by atoms with Gasteiger partial charge in [0.15, 0.2) is 0 Å². The zero-order valence-electron chi connectivity index (χ0n) is 15.0. The number of methoxy groups -OCH3 is 1.